The lowest BCUT2D eigenvalue weighted by atomic mass is 10.0. The zero-order valence-corrected chi connectivity index (χ0v) is 49.4. The van der Waals surface area contributed by atoms with Gasteiger partial charge in [-0.05, 0) is 83.5 Å². The van der Waals surface area contributed by atoms with E-state index in [0.717, 1.165) is 83.5 Å². The number of ether oxygens (including phenoxy) is 3. The zero-order valence-electron chi connectivity index (χ0n) is 49.4. The molecule has 0 rings (SSSR count). The fraction of sp³-hybridized carbons (Fsp3) is 0.809. The van der Waals surface area contributed by atoms with Crippen molar-refractivity contribution in [3.63, 3.8) is 0 Å². The van der Waals surface area contributed by atoms with Gasteiger partial charge in [0.2, 0.25) is 0 Å². The van der Waals surface area contributed by atoms with Gasteiger partial charge in [0.25, 0.3) is 0 Å². The average Bonchev–Trinajstić information content (AvgIpc) is 3.40. The molecule has 0 saturated heterocycles. The molecule has 0 aliphatic rings. The van der Waals surface area contributed by atoms with Crippen molar-refractivity contribution in [2.45, 2.75) is 341 Å². The van der Waals surface area contributed by atoms with Crippen molar-refractivity contribution in [2.24, 2.45) is 0 Å². The van der Waals surface area contributed by atoms with E-state index in [-0.39, 0.29) is 31.1 Å². The maximum Gasteiger partial charge on any atom is 0.306 e. The van der Waals surface area contributed by atoms with Crippen molar-refractivity contribution in [3.8, 4) is 0 Å². The van der Waals surface area contributed by atoms with Gasteiger partial charge in [-0.25, -0.2) is 0 Å². The zero-order chi connectivity index (χ0) is 53.6. The van der Waals surface area contributed by atoms with Crippen molar-refractivity contribution in [3.05, 3.63) is 60.8 Å². The maximum absolute atomic E-state index is 12.9. The number of carbonyl (C=O) groups is 3. The van der Waals surface area contributed by atoms with Gasteiger partial charge in [0, 0.05) is 19.3 Å². The molecule has 0 aromatic carbocycles. The molecule has 0 saturated carbocycles. The van der Waals surface area contributed by atoms with E-state index in [4.69, 9.17) is 14.2 Å². The summed E-state index contributed by atoms with van der Waals surface area (Å²) < 4.78 is 16.9. The smallest absolute Gasteiger partial charge is 0.306 e. The molecule has 6 heteroatoms. The van der Waals surface area contributed by atoms with Crippen molar-refractivity contribution >= 4 is 17.9 Å². The molecule has 0 aliphatic carbocycles. The Labute approximate surface area is 460 Å². The molecule has 0 N–H and O–H groups in total. The summed E-state index contributed by atoms with van der Waals surface area (Å²) in [5.74, 6) is -0.859. The van der Waals surface area contributed by atoms with Crippen LogP contribution >= 0.6 is 0 Å². The maximum atomic E-state index is 12.9. The minimum absolute atomic E-state index is 0.0720. The highest BCUT2D eigenvalue weighted by Crippen LogP contribution is 2.17. The molecule has 74 heavy (non-hydrogen) atoms. The van der Waals surface area contributed by atoms with Gasteiger partial charge >= 0.3 is 17.9 Å². The van der Waals surface area contributed by atoms with Gasteiger partial charge in [-0.15, -0.1) is 0 Å². The van der Waals surface area contributed by atoms with E-state index in [1.54, 1.807) is 0 Å². The van der Waals surface area contributed by atoms with Gasteiger partial charge in [-0.1, -0.05) is 293 Å². The summed E-state index contributed by atoms with van der Waals surface area (Å²) in [5, 5.41) is 0. The molecule has 1 unspecified atom stereocenters. The quantitative estimate of drug-likeness (QED) is 0.0261. The molecule has 0 spiro atoms. The lowest BCUT2D eigenvalue weighted by Crippen LogP contribution is -2.30. The highest BCUT2D eigenvalue weighted by Gasteiger charge is 2.19. The monoisotopic (exact) mass is 1030 g/mol. The second kappa shape index (κ2) is 62.6. The molecule has 0 fully saturated rings. The third kappa shape index (κ3) is 60.0. The minimum atomic E-state index is -0.775. The van der Waals surface area contributed by atoms with Crippen LogP contribution in [0.4, 0.5) is 0 Å². The number of esters is 3. The first-order chi connectivity index (χ1) is 36.5. The Morgan fingerprint density at radius 1 is 0.284 bits per heavy atom. The molecular formula is C68H122O6. The summed E-state index contributed by atoms with van der Waals surface area (Å²) in [4.78, 5) is 38.3. The van der Waals surface area contributed by atoms with Gasteiger partial charge < -0.3 is 14.2 Å². The molecule has 0 aromatic heterocycles. The standard InChI is InChI=1S/C68H122O6/c1-4-7-10-13-16-19-22-25-28-30-31-32-33-34-35-36-37-39-40-43-46-49-52-55-58-61-67(70)73-64-65(63-72-66(69)60-57-54-51-48-45-42-27-24-21-18-15-12-9-6-3)74-68(71)62-59-56-53-50-47-44-41-38-29-26-23-20-17-14-11-8-5-2/h7,10,16,19,25-26,28-29,31-32,65H,4-6,8-9,11-15,17-18,20-24,27,30,33-64H2,1-3H3/b10-7-,19-16-,28-25-,29-26-,32-31-. The van der Waals surface area contributed by atoms with Crippen LogP contribution in [0, 0.1) is 0 Å². The SMILES string of the molecule is CC/C=C\C/C=C\C/C=C\C/C=C\CCCCCCCCCCCCCCC(=O)OCC(COC(=O)CCCCCCCCCCCCCCCC)OC(=O)CCCCCCCCC/C=C\CCCCCCCC. The molecule has 0 radical (unpaired) electrons. The Kier molecular flexibility index (Phi) is 60.2. The Morgan fingerprint density at radius 2 is 0.527 bits per heavy atom. The van der Waals surface area contributed by atoms with Crippen molar-refractivity contribution in [1.82, 2.24) is 0 Å². The molecule has 6 nitrogen and oxygen atoms in total. The van der Waals surface area contributed by atoms with Crippen LogP contribution in [0.25, 0.3) is 0 Å². The molecule has 0 bridgehead atoms. The van der Waals surface area contributed by atoms with E-state index in [9.17, 15) is 14.4 Å². The van der Waals surface area contributed by atoms with Crippen LogP contribution in [0.15, 0.2) is 60.8 Å². The number of rotatable bonds is 59. The third-order valence-electron chi connectivity index (χ3n) is 14.3. The molecule has 0 aliphatic heterocycles. The van der Waals surface area contributed by atoms with E-state index in [1.807, 2.05) is 0 Å². The van der Waals surface area contributed by atoms with Crippen LogP contribution in [0.5, 0.6) is 0 Å². The number of unbranched alkanes of at least 4 members (excludes halogenated alkanes) is 38. The Bertz CT molecular complexity index is 1330. The highest BCUT2D eigenvalue weighted by atomic mass is 16.6. The lowest BCUT2D eigenvalue weighted by Gasteiger charge is -2.18. The lowest BCUT2D eigenvalue weighted by molar-refractivity contribution is -0.167. The highest BCUT2D eigenvalue weighted by molar-refractivity contribution is 5.71. The van der Waals surface area contributed by atoms with E-state index >= 15 is 0 Å². The molecule has 430 valence electrons. The Balaban J connectivity index is 4.29. The molecule has 0 amide bonds. The summed E-state index contributed by atoms with van der Waals surface area (Å²) in [5.41, 5.74) is 0. The minimum Gasteiger partial charge on any atom is -0.462 e. The second-order valence-electron chi connectivity index (χ2n) is 21.6. The topological polar surface area (TPSA) is 78.9 Å². The van der Waals surface area contributed by atoms with Crippen LogP contribution in [-0.4, -0.2) is 37.2 Å². The van der Waals surface area contributed by atoms with Crippen LogP contribution < -0.4 is 0 Å². The third-order valence-corrected chi connectivity index (χ3v) is 14.3. The van der Waals surface area contributed by atoms with Gasteiger partial charge in [0.1, 0.15) is 13.2 Å². The Hall–Kier alpha value is -2.89. The fourth-order valence-corrected chi connectivity index (χ4v) is 9.43. The number of carbonyl (C=O) groups excluding carboxylic acids is 3. The fourth-order valence-electron chi connectivity index (χ4n) is 9.43. The summed E-state index contributed by atoms with van der Waals surface area (Å²) >= 11 is 0. The normalized spacial score (nSPS) is 12.4. The summed E-state index contributed by atoms with van der Waals surface area (Å²) in [6.07, 6.45) is 79.4. The molecular weight excluding hydrogens is 913 g/mol. The van der Waals surface area contributed by atoms with Gasteiger partial charge in [0.05, 0.1) is 0 Å². The van der Waals surface area contributed by atoms with Crippen molar-refractivity contribution in [1.29, 1.82) is 0 Å². The summed E-state index contributed by atoms with van der Waals surface area (Å²) in [6.45, 7) is 6.57. The second-order valence-corrected chi connectivity index (χ2v) is 21.6. The van der Waals surface area contributed by atoms with Gasteiger partial charge in [0.15, 0.2) is 6.10 Å². The number of allylic oxidation sites excluding steroid dienone is 10. The number of hydrogen-bond donors (Lipinski definition) is 0. The predicted molar refractivity (Wildman–Crippen MR) is 321 cm³/mol. The van der Waals surface area contributed by atoms with Crippen LogP contribution in [-0.2, 0) is 28.6 Å². The summed E-state index contributed by atoms with van der Waals surface area (Å²) in [6, 6.07) is 0. The van der Waals surface area contributed by atoms with Crippen LogP contribution in [0.1, 0.15) is 335 Å². The van der Waals surface area contributed by atoms with E-state index < -0.39 is 6.10 Å². The molecule has 1 atom stereocenters. The summed E-state index contributed by atoms with van der Waals surface area (Å²) in [7, 11) is 0. The van der Waals surface area contributed by atoms with Crippen molar-refractivity contribution < 1.29 is 28.6 Å². The first-order valence-electron chi connectivity index (χ1n) is 32.3. The van der Waals surface area contributed by atoms with Gasteiger partial charge in [-0.3, -0.25) is 14.4 Å². The molecule has 0 aromatic rings. The van der Waals surface area contributed by atoms with Crippen molar-refractivity contribution in [2.75, 3.05) is 13.2 Å². The first-order valence-corrected chi connectivity index (χ1v) is 32.3. The average molecular weight is 1040 g/mol. The van der Waals surface area contributed by atoms with E-state index in [2.05, 4.69) is 81.5 Å². The van der Waals surface area contributed by atoms with E-state index in [1.165, 1.54) is 212 Å². The molecule has 0 heterocycles. The van der Waals surface area contributed by atoms with Crippen LogP contribution in [0.3, 0.4) is 0 Å². The van der Waals surface area contributed by atoms with Gasteiger partial charge in [-0.2, -0.15) is 0 Å². The Morgan fingerprint density at radius 3 is 0.838 bits per heavy atom. The van der Waals surface area contributed by atoms with E-state index in [0.29, 0.717) is 19.3 Å². The van der Waals surface area contributed by atoms with Crippen LogP contribution in [0.2, 0.25) is 0 Å². The first kappa shape index (κ1) is 71.1. The predicted octanol–water partition coefficient (Wildman–Crippen LogP) is 21.9. The number of hydrogen-bond acceptors (Lipinski definition) is 6. The largest absolute Gasteiger partial charge is 0.462 e.